The van der Waals surface area contributed by atoms with E-state index in [0.29, 0.717) is 17.4 Å². The number of hydrogen-bond acceptors (Lipinski definition) is 8. The van der Waals surface area contributed by atoms with Crippen molar-refractivity contribution < 1.29 is 22.3 Å². The number of Topliss-reactive ketones (excluding diaryl/α,β-unsaturated/α-hetero) is 1. The van der Waals surface area contributed by atoms with Crippen LogP contribution in [0.15, 0.2) is 60.7 Å². The van der Waals surface area contributed by atoms with Crippen molar-refractivity contribution in [2.45, 2.75) is 50.6 Å². The van der Waals surface area contributed by atoms with Gasteiger partial charge < -0.3 is 9.64 Å². The van der Waals surface area contributed by atoms with E-state index < -0.39 is 21.6 Å². The number of nitrogens with zero attached hydrogens (tertiary/aromatic N) is 6. The van der Waals surface area contributed by atoms with Gasteiger partial charge in [-0.05, 0) is 61.6 Å². The van der Waals surface area contributed by atoms with Crippen LogP contribution in [-0.4, -0.2) is 96.4 Å². The molecule has 1 saturated carbocycles. The molecule has 2 saturated heterocycles. The molecule has 0 unspecified atom stereocenters. The molecule has 10 nitrogen and oxygen atoms in total. The Morgan fingerprint density at radius 1 is 0.979 bits per heavy atom. The number of ketones is 1. The van der Waals surface area contributed by atoms with Gasteiger partial charge in [0, 0.05) is 51.7 Å². The average molecular weight is 661 g/mol. The zero-order valence-corrected chi connectivity index (χ0v) is 27.5. The van der Waals surface area contributed by atoms with E-state index in [1.54, 1.807) is 22.9 Å². The van der Waals surface area contributed by atoms with Crippen LogP contribution in [0.2, 0.25) is 0 Å². The van der Waals surface area contributed by atoms with E-state index in [1.165, 1.54) is 23.5 Å². The molecule has 2 aliphatic heterocycles. The van der Waals surface area contributed by atoms with Gasteiger partial charge in [-0.15, -0.1) is 0 Å². The fourth-order valence-corrected chi connectivity index (χ4v) is 7.99. The van der Waals surface area contributed by atoms with E-state index >= 15 is 0 Å². The lowest BCUT2D eigenvalue weighted by molar-refractivity contribution is 0.0115. The number of hydrogen-bond donors (Lipinski definition) is 0. The van der Waals surface area contributed by atoms with Crippen LogP contribution >= 0.6 is 0 Å². The number of fused-ring (bicyclic) bond motifs is 1. The van der Waals surface area contributed by atoms with E-state index in [0.717, 1.165) is 93.8 Å². The van der Waals surface area contributed by atoms with Gasteiger partial charge in [0.05, 0.1) is 35.7 Å². The van der Waals surface area contributed by atoms with Crippen molar-refractivity contribution in [2.75, 3.05) is 57.1 Å². The van der Waals surface area contributed by atoms with Gasteiger partial charge in [0.25, 0.3) is 0 Å². The van der Waals surface area contributed by atoms with Gasteiger partial charge in [0.2, 0.25) is 10.0 Å². The third-order valence-corrected chi connectivity index (χ3v) is 11.6. The standard InChI is InChI=1S/C35H41FN6O4S/c1-39(23-25-6-3-2-4-7-25)47(44,45)24-32(43)30-22-31(41-16-14-28(15-17-41)40-18-20-46-21-19-40)33-34(26-8-5-9-26)38-42(35(33)37-30)29-12-10-27(36)11-13-29/h2-4,6-7,10-13,22,26,28H,5,8-9,14-21,23-24H2,1H3. The maximum absolute atomic E-state index is 13.9. The Hall–Kier alpha value is -3.71. The number of halogens is 1. The molecule has 7 rings (SSSR count). The highest BCUT2D eigenvalue weighted by Gasteiger charge is 2.33. The highest BCUT2D eigenvalue weighted by Crippen LogP contribution is 2.43. The van der Waals surface area contributed by atoms with Crippen LogP contribution in [0.3, 0.4) is 0 Å². The minimum Gasteiger partial charge on any atom is -0.379 e. The lowest BCUT2D eigenvalue weighted by Gasteiger charge is -2.41. The van der Waals surface area contributed by atoms with Crippen molar-refractivity contribution >= 4 is 32.5 Å². The number of piperidine rings is 1. The number of sulfonamides is 1. The number of ether oxygens (including phenoxy) is 1. The molecule has 0 spiro atoms. The Kier molecular flexibility index (Phi) is 9.10. The van der Waals surface area contributed by atoms with Crippen molar-refractivity contribution in [3.05, 3.63) is 83.4 Å². The topological polar surface area (TPSA) is 101 Å². The van der Waals surface area contributed by atoms with Gasteiger partial charge in [-0.25, -0.2) is 26.8 Å². The Morgan fingerprint density at radius 2 is 1.68 bits per heavy atom. The summed E-state index contributed by atoms with van der Waals surface area (Å²) >= 11 is 0. The van der Waals surface area contributed by atoms with Gasteiger partial charge >= 0.3 is 0 Å². The van der Waals surface area contributed by atoms with Gasteiger partial charge in [0.15, 0.2) is 11.4 Å². The number of aromatic nitrogens is 3. The fraction of sp³-hybridized carbons (Fsp3) is 0.457. The van der Waals surface area contributed by atoms with Crippen LogP contribution < -0.4 is 4.90 Å². The van der Waals surface area contributed by atoms with Crippen LogP contribution in [0.4, 0.5) is 10.1 Å². The number of pyridine rings is 1. The Labute approximate surface area is 275 Å². The van der Waals surface area contributed by atoms with E-state index in [1.807, 2.05) is 30.3 Å². The third kappa shape index (κ3) is 6.69. The van der Waals surface area contributed by atoms with Crippen LogP contribution in [0.25, 0.3) is 16.7 Å². The second kappa shape index (κ2) is 13.4. The first kappa shape index (κ1) is 31.9. The summed E-state index contributed by atoms with van der Waals surface area (Å²) in [6.45, 7) is 5.13. The van der Waals surface area contributed by atoms with Crippen molar-refractivity contribution in [2.24, 2.45) is 0 Å². The minimum atomic E-state index is -3.94. The molecule has 0 atom stereocenters. The molecule has 248 valence electrons. The van der Waals surface area contributed by atoms with Crippen LogP contribution in [0.1, 0.15) is 59.8 Å². The molecule has 2 aromatic carbocycles. The fourth-order valence-electron chi connectivity index (χ4n) is 6.95. The molecular formula is C35H41FN6O4S. The molecule has 2 aromatic heterocycles. The number of rotatable bonds is 10. The first-order valence-electron chi connectivity index (χ1n) is 16.5. The lowest BCUT2D eigenvalue weighted by Crippen LogP contribution is -2.49. The summed E-state index contributed by atoms with van der Waals surface area (Å²) < 4.78 is 49.3. The summed E-state index contributed by atoms with van der Waals surface area (Å²) in [4.78, 5) is 23.5. The van der Waals surface area contributed by atoms with Crippen molar-refractivity contribution in [3.63, 3.8) is 0 Å². The summed E-state index contributed by atoms with van der Waals surface area (Å²) in [6.07, 6.45) is 5.09. The van der Waals surface area contributed by atoms with Crippen molar-refractivity contribution in [1.82, 2.24) is 24.0 Å². The molecule has 4 aromatic rings. The van der Waals surface area contributed by atoms with Crippen molar-refractivity contribution in [3.8, 4) is 5.69 Å². The summed E-state index contributed by atoms with van der Waals surface area (Å²) in [5.41, 5.74) is 3.84. The smallest absolute Gasteiger partial charge is 0.221 e. The molecule has 4 heterocycles. The quantitative estimate of drug-likeness (QED) is 0.224. The zero-order valence-electron chi connectivity index (χ0n) is 26.7. The minimum absolute atomic E-state index is 0.0860. The second-order valence-electron chi connectivity index (χ2n) is 12.9. The van der Waals surface area contributed by atoms with E-state index in [4.69, 9.17) is 14.8 Å². The predicted molar refractivity (Wildman–Crippen MR) is 179 cm³/mol. The Bertz CT molecular complexity index is 1830. The maximum Gasteiger partial charge on any atom is 0.221 e. The molecular weight excluding hydrogens is 619 g/mol. The number of benzene rings is 2. The molecule has 0 radical (unpaired) electrons. The predicted octanol–water partition coefficient (Wildman–Crippen LogP) is 4.77. The monoisotopic (exact) mass is 660 g/mol. The zero-order chi connectivity index (χ0) is 32.5. The second-order valence-corrected chi connectivity index (χ2v) is 15.0. The summed E-state index contributed by atoms with van der Waals surface area (Å²) in [6, 6.07) is 17.6. The normalized spacial score (nSPS) is 18.6. The Morgan fingerprint density at radius 3 is 2.34 bits per heavy atom. The van der Waals surface area contributed by atoms with Gasteiger partial charge in [-0.2, -0.15) is 5.10 Å². The Balaban J connectivity index is 1.26. The molecule has 1 aliphatic carbocycles. The first-order valence-corrected chi connectivity index (χ1v) is 18.2. The lowest BCUT2D eigenvalue weighted by atomic mass is 9.82. The molecule has 47 heavy (non-hydrogen) atoms. The SMILES string of the molecule is CN(Cc1ccccc1)S(=O)(=O)CC(=O)c1cc(N2CCC(N3CCOCC3)CC2)c2c(C3CCC3)nn(-c3ccc(F)cc3)c2n1. The number of anilines is 1. The largest absolute Gasteiger partial charge is 0.379 e. The summed E-state index contributed by atoms with van der Waals surface area (Å²) in [7, 11) is -2.45. The van der Waals surface area contributed by atoms with E-state index in [-0.39, 0.29) is 24.0 Å². The molecule has 3 fully saturated rings. The summed E-state index contributed by atoms with van der Waals surface area (Å²) in [5.74, 6) is -1.37. The van der Waals surface area contributed by atoms with Gasteiger partial charge in [-0.3, -0.25) is 9.69 Å². The van der Waals surface area contributed by atoms with E-state index in [9.17, 15) is 17.6 Å². The van der Waals surface area contributed by atoms with E-state index in [2.05, 4.69) is 9.80 Å². The highest BCUT2D eigenvalue weighted by atomic mass is 32.2. The maximum atomic E-state index is 13.9. The number of carbonyl (C=O) groups excluding carboxylic acids is 1. The number of morpholine rings is 1. The molecule has 3 aliphatic rings. The molecule has 0 amide bonds. The molecule has 0 N–H and O–H groups in total. The number of carbonyl (C=O) groups is 1. The highest BCUT2D eigenvalue weighted by molar-refractivity contribution is 7.89. The molecule has 12 heteroatoms. The average Bonchev–Trinajstić information content (AvgIpc) is 3.43. The first-order chi connectivity index (χ1) is 22.8. The van der Waals surface area contributed by atoms with Crippen LogP contribution in [0, 0.1) is 5.82 Å². The van der Waals surface area contributed by atoms with Crippen LogP contribution in [0.5, 0.6) is 0 Å². The van der Waals surface area contributed by atoms with Gasteiger partial charge in [0.1, 0.15) is 17.3 Å². The van der Waals surface area contributed by atoms with Crippen molar-refractivity contribution in [1.29, 1.82) is 0 Å². The molecule has 0 bridgehead atoms. The summed E-state index contributed by atoms with van der Waals surface area (Å²) in [5, 5.41) is 5.94. The van der Waals surface area contributed by atoms with Crippen LogP contribution in [-0.2, 0) is 21.3 Å². The van der Waals surface area contributed by atoms with Gasteiger partial charge in [-0.1, -0.05) is 36.8 Å². The third-order valence-electron chi connectivity index (χ3n) is 9.90.